The van der Waals surface area contributed by atoms with Crippen LogP contribution in [0.4, 0.5) is 0 Å². The second-order valence-corrected chi connectivity index (χ2v) is 8.07. The molecular formula is C18H27NOS. The van der Waals surface area contributed by atoms with Crippen molar-refractivity contribution >= 4 is 17.1 Å². The third-order valence-corrected chi connectivity index (χ3v) is 6.86. The SMILES string of the molecule is CN(C)[C@@H]1C[C@](c2cccs2)(C2CCCCC2)CCC1=O. The summed E-state index contributed by atoms with van der Waals surface area (Å²) >= 11 is 1.91. The van der Waals surface area contributed by atoms with Crippen LogP contribution in [0.15, 0.2) is 17.5 Å². The van der Waals surface area contributed by atoms with Gasteiger partial charge in [0.05, 0.1) is 6.04 Å². The predicted molar refractivity (Wildman–Crippen MR) is 88.9 cm³/mol. The molecule has 2 nitrogen and oxygen atoms in total. The molecule has 2 fully saturated rings. The molecule has 0 radical (unpaired) electrons. The molecule has 1 heterocycles. The molecule has 0 aliphatic heterocycles. The van der Waals surface area contributed by atoms with Gasteiger partial charge in [0.15, 0.2) is 0 Å². The second kappa shape index (κ2) is 6.21. The van der Waals surface area contributed by atoms with Gasteiger partial charge in [0.1, 0.15) is 5.78 Å². The average molecular weight is 305 g/mol. The van der Waals surface area contributed by atoms with Gasteiger partial charge < -0.3 is 0 Å². The summed E-state index contributed by atoms with van der Waals surface area (Å²) in [4.78, 5) is 16.0. The molecule has 1 aromatic rings. The Balaban J connectivity index is 1.94. The molecule has 21 heavy (non-hydrogen) atoms. The van der Waals surface area contributed by atoms with Gasteiger partial charge in [0, 0.05) is 16.7 Å². The zero-order valence-electron chi connectivity index (χ0n) is 13.3. The Hall–Kier alpha value is -0.670. The van der Waals surface area contributed by atoms with Crippen molar-refractivity contribution in [3.63, 3.8) is 0 Å². The number of thiophene rings is 1. The van der Waals surface area contributed by atoms with Crippen LogP contribution in [0.5, 0.6) is 0 Å². The topological polar surface area (TPSA) is 20.3 Å². The standard InChI is InChI=1S/C18H27NOS/c1-19(2)15-13-18(11-10-16(15)20,17-9-6-12-21-17)14-7-4-3-5-8-14/h6,9,12,14-15H,3-5,7-8,10-11,13H2,1-2H3/t15-,18+/m1/s1. The highest BCUT2D eigenvalue weighted by Gasteiger charge is 2.47. The fourth-order valence-electron chi connectivity index (χ4n) is 4.56. The lowest BCUT2D eigenvalue weighted by Gasteiger charge is -2.48. The van der Waals surface area contributed by atoms with Crippen LogP contribution in [0, 0.1) is 5.92 Å². The Kier molecular flexibility index (Phi) is 4.51. The molecule has 0 saturated heterocycles. The molecule has 0 unspecified atom stereocenters. The van der Waals surface area contributed by atoms with Crippen LogP contribution >= 0.6 is 11.3 Å². The molecule has 0 spiro atoms. The lowest BCUT2D eigenvalue weighted by molar-refractivity contribution is -0.127. The van der Waals surface area contributed by atoms with E-state index in [-0.39, 0.29) is 11.5 Å². The normalized spacial score (nSPS) is 31.8. The van der Waals surface area contributed by atoms with Crippen LogP contribution in [0.25, 0.3) is 0 Å². The number of likely N-dealkylation sites (N-methyl/N-ethyl adjacent to an activating group) is 1. The molecule has 1 aromatic heterocycles. The summed E-state index contributed by atoms with van der Waals surface area (Å²) in [6, 6.07) is 4.62. The fraction of sp³-hybridized carbons (Fsp3) is 0.722. The van der Waals surface area contributed by atoms with Gasteiger partial charge in [-0.05, 0) is 57.1 Å². The van der Waals surface area contributed by atoms with Gasteiger partial charge in [-0.15, -0.1) is 11.3 Å². The summed E-state index contributed by atoms with van der Waals surface area (Å²) in [5.74, 6) is 1.23. The van der Waals surface area contributed by atoms with Crippen LogP contribution in [-0.4, -0.2) is 30.8 Å². The van der Waals surface area contributed by atoms with Crippen LogP contribution < -0.4 is 0 Å². The first-order valence-electron chi connectivity index (χ1n) is 8.36. The summed E-state index contributed by atoms with van der Waals surface area (Å²) in [5, 5.41) is 2.21. The van der Waals surface area contributed by atoms with Gasteiger partial charge in [-0.2, -0.15) is 0 Å². The number of carbonyl (C=O) groups excluding carboxylic acids is 1. The summed E-state index contributed by atoms with van der Waals surface area (Å²) in [5.41, 5.74) is 0.261. The highest BCUT2D eigenvalue weighted by atomic mass is 32.1. The number of hydrogen-bond acceptors (Lipinski definition) is 3. The largest absolute Gasteiger partial charge is 0.300 e. The van der Waals surface area contributed by atoms with Crippen molar-refractivity contribution in [2.45, 2.75) is 62.8 Å². The Bertz CT molecular complexity index is 475. The Morgan fingerprint density at radius 1 is 1.24 bits per heavy atom. The first kappa shape index (κ1) is 15.2. The smallest absolute Gasteiger partial charge is 0.150 e. The molecule has 2 atom stereocenters. The van der Waals surface area contributed by atoms with E-state index in [9.17, 15) is 4.79 Å². The zero-order valence-corrected chi connectivity index (χ0v) is 14.1. The van der Waals surface area contributed by atoms with E-state index in [1.54, 1.807) is 0 Å². The minimum Gasteiger partial charge on any atom is -0.300 e. The van der Waals surface area contributed by atoms with E-state index < -0.39 is 0 Å². The minimum absolute atomic E-state index is 0.114. The fourth-order valence-corrected chi connectivity index (χ4v) is 5.60. The molecule has 0 amide bonds. The van der Waals surface area contributed by atoms with E-state index in [1.807, 2.05) is 11.3 Å². The summed E-state index contributed by atoms with van der Waals surface area (Å²) in [6.45, 7) is 0. The third-order valence-electron chi connectivity index (χ3n) is 5.77. The van der Waals surface area contributed by atoms with E-state index in [0.717, 1.165) is 25.2 Å². The Labute approximate surface area is 132 Å². The van der Waals surface area contributed by atoms with E-state index in [1.165, 1.54) is 37.0 Å². The summed E-state index contributed by atoms with van der Waals surface area (Å²) in [6.07, 6.45) is 9.71. The average Bonchev–Trinajstić information content (AvgIpc) is 3.03. The predicted octanol–water partition coefficient (Wildman–Crippen LogP) is 4.25. The van der Waals surface area contributed by atoms with Crippen molar-refractivity contribution in [3.8, 4) is 0 Å². The maximum atomic E-state index is 12.3. The Morgan fingerprint density at radius 3 is 2.62 bits per heavy atom. The van der Waals surface area contributed by atoms with E-state index >= 15 is 0 Å². The Morgan fingerprint density at radius 2 is 2.00 bits per heavy atom. The lowest BCUT2D eigenvalue weighted by atomic mass is 9.59. The van der Waals surface area contributed by atoms with Crippen molar-refractivity contribution in [1.82, 2.24) is 4.90 Å². The second-order valence-electron chi connectivity index (χ2n) is 7.12. The van der Waals surface area contributed by atoms with Crippen molar-refractivity contribution in [2.75, 3.05) is 14.1 Å². The van der Waals surface area contributed by atoms with Gasteiger partial charge in [0.25, 0.3) is 0 Å². The molecule has 0 aromatic carbocycles. The number of nitrogens with zero attached hydrogens (tertiary/aromatic N) is 1. The maximum Gasteiger partial charge on any atom is 0.150 e. The van der Waals surface area contributed by atoms with Gasteiger partial charge in [-0.25, -0.2) is 0 Å². The lowest BCUT2D eigenvalue weighted by Crippen LogP contribution is -2.50. The molecule has 2 aliphatic carbocycles. The van der Waals surface area contributed by atoms with Crippen molar-refractivity contribution in [1.29, 1.82) is 0 Å². The first-order valence-corrected chi connectivity index (χ1v) is 9.24. The summed E-state index contributed by atoms with van der Waals surface area (Å²) < 4.78 is 0. The van der Waals surface area contributed by atoms with Gasteiger partial charge in [-0.3, -0.25) is 9.69 Å². The quantitative estimate of drug-likeness (QED) is 0.832. The molecule has 2 saturated carbocycles. The van der Waals surface area contributed by atoms with E-state index in [2.05, 4.69) is 36.5 Å². The van der Waals surface area contributed by atoms with Crippen molar-refractivity contribution in [3.05, 3.63) is 22.4 Å². The van der Waals surface area contributed by atoms with Crippen molar-refractivity contribution in [2.24, 2.45) is 5.92 Å². The molecule has 0 N–H and O–H groups in total. The number of ketones is 1. The monoisotopic (exact) mass is 305 g/mol. The van der Waals surface area contributed by atoms with Crippen molar-refractivity contribution < 1.29 is 4.79 Å². The number of carbonyl (C=O) groups is 1. The van der Waals surface area contributed by atoms with Gasteiger partial charge in [0.2, 0.25) is 0 Å². The molecule has 116 valence electrons. The number of Topliss-reactive ketones (excluding diaryl/α,β-unsaturated/α-hetero) is 1. The van der Waals surface area contributed by atoms with Gasteiger partial charge >= 0.3 is 0 Å². The number of hydrogen-bond donors (Lipinski definition) is 0. The van der Waals surface area contributed by atoms with Crippen LogP contribution in [0.2, 0.25) is 0 Å². The third kappa shape index (κ3) is 2.83. The van der Waals surface area contributed by atoms with Crippen LogP contribution in [0.3, 0.4) is 0 Å². The first-order chi connectivity index (χ1) is 10.1. The highest BCUT2D eigenvalue weighted by Crippen LogP contribution is 2.51. The highest BCUT2D eigenvalue weighted by molar-refractivity contribution is 7.10. The molecule has 3 rings (SSSR count). The molecule has 2 aliphatic rings. The van der Waals surface area contributed by atoms with Crippen LogP contribution in [-0.2, 0) is 10.2 Å². The van der Waals surface area contributed by atoms with E-state index in [4.69, 9.17) is 0 Å². The zero-order chi connectivity index (χ0) is 14.9. The minimum atomic E-state index is 0.114. The molecular weight excluding hydrogens is 278 g/mol. The maximum absolute atomic E-state index is 12.3. The molecule has 0 bridgehead atoms. The molecule has 3 heteroatoms. The number of rotatable bonds is 3. The summed E-state index contributed by atoms with van der Waals surface area (Å²) in [7, 11) is 4.13. The van der Waals surface area contributed by atoms with Gasteiger partial charge in [-0.1, -0.05) is 25.3 Å². The van der Waals surface area contributed by atoms with Crippen LogP contribution in [0.1, 0.15) is 56.2 Å². The van der Waals surface area contributed by atoms with E-state index in [0.29, 0.717) is 5.78 Å².